The Morgan fingerprint density at radius 1 is 1.19 bits per heavy atom. The summed E-state index contributed by atoms with van der Waals surface area (Å²) in [4.78, 5) is 0. The van der Waals surface area contributed by atoms with Gasteiger partial charge < -0.3 is 14.8 Å². The highest BCUT2D eigenvalue weighted by Crippen LogP contribution is 2.25. The highest BCUT2D eigenvalue weighted by atomic mass is 32.2. The number of para-hydroxylation sites is 2. The highest BCUT2D eigenvalue weighted by Gasteiger charge is 2.21. The molecule has 0 bridgehead atoms. The Bertz CT molecular complexity index is 544. The summed E-state index contributed by atoms with van der Waals surface area (Å²) in [7, 11) is -1.62. The fourth-order valence-electron chi connectivity index (χ4n) is 1.91. The van der Waals surface area contributed by atoms with Gasteiger partial charge in [0.05, 0.1) is 13.4 Å². The van der Waals surface area contributed by atoms with Gasteiger partial charge in [0.15, 0.2) is 11.5 Å². The van der Waals surface area contributed by atoms with Gasteiger partial charge in [0, 0.05) is 18.6 Å². The molecule has 0 radical (unpaired) electrons. The van der Waals surface area contributed by atoms with Gasteiger partial charge in [0.2, 0.25) is 10.0 Å². The zero-order chi connectivity index (χ0) is 15.9. The zero-order valence-electron chi connectivity index (χ0n) is 13.0. The molecule has 0 saturated carbocycles. The lowest BCUT2D eigenvalue weighted by Crippen LogP contribution is -2.50. The second-order valence-electron chi connectivity index (χ2n) is 5.43. The first kappa shape index (κ1) is 17.7. The predicted molar refractivity (Wildman–Crippen MR) is 83.4 cm³/mol. The number of sulfonamides is 1. The van der Waals surface area contributed by atoms with E-state index in [1.807, 2.05) is 38.1 Å². The minimum Gasteiger partial charge on any atom is -0.493 e. The van der Waals surface area contributed by atoms with Crippen LogP contribution in [-0.2, 0) is 10.0 Å². The van der Waals surface area contributed by atoms with Crippen molar-refractivity contribution >= 4 is 10.0 Å². The van der Waals surface area contributed by atoms with Gasteiger partial charge in [0.1, 0.15) is 6.61 Å². The monoisotopic (exact) mass is 316 g/mol. The first-order chi connectivity index (χ1) is 9.73. The van der Waals surface area contributed by atoms with E-state index in [2.05, 4.69) is 10.0 Å². The molecule has 120 valence electrons. The number of hydrogen-bond acceptors (Lipinski definition) is 5. The van der Waals surface area contributed by atoms with Crippen LogP contribution in [0.4, 0.5) is 0 Å². The van der Waals surface area contributed by atoms with Crippen LogP contribution in [0.1, 0.15) is 13.8 Å². The Morgan fingerprint density at radius 3 is 2.38 bits per heavy atom. The minimum atomic E-state index is -3.21. The predicted octanol–water partition coefficient (Wildman–Crippen LogP) is 0.991. The van der Waals surface area contributed by atoms with Gasteiger partial charge in [-0.3, -0.25) is 0 Å². The van der Waals surface area contributed by atoms with Crippen LogP contribution >= 0.6 is 0 Å². The summed E-state index contributed by atoms with van der Waals surface area (Å²) in [5, 5.41) is 3.16. The molecule has 0 aromatic heterocycles. The van der Waals surface area contributed by atoms with Crippen molar-refractivity contribution in [1.82, 2.24) is 10.0 Å². The van der Waals surface area contributed by atoms with E-state index in [0.29, 0.717) is 31.2 Å². The number of methoxy groups -OCH3 is 1. The molecule has 0 aliphatic heterocycles. The maximum Gasteiger partial charge on any atom is 0.209 e. The van der Waals surface area contributed by atoms with E-state index >= 15 is 0 Å². The minimum absolute atomic E-state index is 0.468. The summed E-state index contributed by atoms with van der Waals surface area (Å²) in [5.41, 5.74) is -0.544. The number of nitrogens with one attached hydrogen (secondary N) is 2. The first-order valence-electron chi connectivity index (χ1n) is 6.69. The molecule has 0 aliphatic carbocycles. The second kappa shape index (κ2) is 7.63. The maximum absolute atomic E-state index is 11.2. The normalized spacial score (nSPS) is 12.2. The van der Waals surface area contributed by atoms with E-state index in [9.17, 15) is 8.42 Å². The maximum atomic E-state index is 11.2. The molecule has 1 aromatic rings. The SMILES string of the molecule is COc1ccccc1OCCNCC(C)(C)NS(C)(=O)=O. The molecular weight excluding hydrogens is 292 g/mol. The van der Waals surface area contributed by atoms with Gasteiger partial charge in [0.25, 0.3) is 0 Å². The molecule has 1 aromatic carbocycles. The molecule has 0 amide bonds. The summed E-state index contributed by atoms with van der Waals surface area (Å²) in [6.45, 7) is 5.22. The summed E-state index contributed by atoms with van der Waals surface area (Å²) in [6.07, 6.45) is 1.15. The van der Waals surface area contributed by atoms with Crippen LogP contribution in [0.2, 0.25) is 0 Å². The lowest BCUT2D eigenvalue weighted by Gasteiger charge is -2.25. The molecule has 21 heavy (non-hydrogen) atoms. The molecule has 0 heterocycles. The summed E-state index contributed by atoms with van der Waals surface area (Å²) in [5.74, 6) is 1.38. The zero-order valence-corrected chi connectivity index (χ0v) is 13.8. The van der Waals surface area contributed by atoms with E-state index < -0.39 is 15.6 Å². The van der Waals surface area contributed by atoms with Crippen molar-refractivity contribution in [3.8, 4) is 11.5 Å². The van der Waals surface area contributed by atoms with Crippen molar-refractivity contribution < 1.29 is 17.9 Å². The van der Waals surface area contributed by atoms with Gasteiger partial charge >= 0.3 is 0 Å². The standard InChI is InChI=1S/C14H24N2O4S/c1-14(2,16-21(4,17)18)11-15-9-10-20-13-8-6-5-7-12(13)19-3/h5-8,15-16H,9-11H2,1-4H3. The molecule has 0 fully saturated rings. The van der Waals surface area contributed by atoms with Crippen molar-refractivity contribution in [1.29, 1.82) is 0 Å². The fourth-order valence-corrected chi connectivity index (χ4v) is 2.99. The van der Waals surface area contributed by atoms with E-state index in [-0.39, 0.29) is 0 Å². The number of ether oxygens (including phenoxy) is 2. The van der Waals surface area contributed by atoms with Crippen molar-refractivity contribution in [2.75, 3.05) is 33.1 Å². The average Bonchev–Trinajstić information content (AvgIpc) is 2.36. The van der Waals surface area contributed by atoms with Crippen LogP contribution in [0.3, 0.4) is 0 Å². The van der Waals surface area contributed by atoms with Crippen LogP contribution in [0.15, 0.2) is 24.3 Å². The van der Waals surface area contributed by atoms with Gasteiger partial charge in [-0.2, -0.15) is 0 Å². The number of rotatable bonds is 9. The van der Waals surface area contributed by atoms with Crippen LogP contribution in [0, 0.1) is 0 Å². The van der Waals surface area contributed by atoms with Crippen molar-refractivity contribution in [2.45, 2.75) is 19.4 Å². The quantitative estimate of drug-likeness (QED) is 0.665. The Kier molecular flexibility index (Phi) is 6.44. The third-order valence-corrected chi connectivity index (χ3v) is 3.56. The molecular formula is C14H24N2O4S. The van der Waals surface area contributed by atoms with Gasteiger partial charge in [-0.25, -0.2) is 13.1 Å². The highest BCUT2D eigenvalue weighted by molar-refractivity contribution is 7.88. The number of benzene rings is 1. The van der Waals surface area contributed by atoms with Crippen molar-refractivity contribution in [2.24, 2.45) is 0 Å². The molecule has 0 atom stereocenters. The Hall–Kier alpha value is -1.31. The lowest BCUT2D eigenvalue weighted by atomic mass is 10.1. The molecule has 7 heteroatoms. The molecule has 0 saturated heterocycles. The van der Waals surface area contributed by atoms with E-state index in [0.717, 1.165) is 6.26 Å². The molecule has 0 aliphatic rings. The van der Waals surface area contributed by atoms with E-state index in [4.69, 9.17) is 9.47 Å². The van der Waals surface area contributed by atoms with Crippen LogP contribution < -0.4 is 19.5 Å². The summed E-state index contributed by atoms with van der Waals surface area (Å²) >= 11 is 0. The third-order valence-electron chi connectivity index (χ3n) is 2.63. The summed E-state index contributed by atoms with van der Waals surface area (Å²) < 4.78 is 35.8. The topological polar surface area (TPSA) is 76.7 Å². The molecule has 6 nitrogen and oxygen atoms in total. The van der Waals surface area contributed by atoms with Crippen molar-refractivity contribution in [3.63, 3.8) is 0 Å². The molecule has 0 spiro atoms. The van der Waals surface area contributed by atoms with E-state index in [1.54, 1.807) is 7.11 Å². The van der Waals surface area contributed by atoms with Gasteiger partial charge in [-0.05, 0) is 26.0 Å². The third kappa shape index (κ3) is 7.31. The van der Waals surface area contributed by atoms with E-state index in [1.165, 1.54) is 0 Å². The van der Waals surface area contributed by atoms with Crippen molar-refractivity contribution in [3.05, 3.63) is 24.3 Å². The largest absolute Gasteiger partial charge is 0.493 e. The van der Waals surface area contributed by atoms with Crippen LogP contribution in [0.25, 0.3) is 0 Å². The lowest BCUT2D eigenvalue weighted by molar-refractivity contribution is 0.286. The Labute approximate surface area is 126 Å². The van der Waals surface area contributed by atoms with Gasteiger partial charge in [-0.15, -0.1) is 0 Å². The molecule has 1 rings (SSSR count). The molecule has 0 unspecified atom stereocenters. The smallest absolute Gasteiger partial charge is 0.209 e. The average molecular weight is 316 g/mol. The fraction of sp³-hybridized carbons (Fsp3) is 0.571. The van der Waals surface area contributed by atoms with Gasteiger partial charge in [-0.1, -0.05) is 12.1 Å². The molecule has 2 N–H and O–H groups in total. The van der Waals surface area contributed by atoms with Crippen LogP contribution in [0.5, 0.6) is 11.5 Å². The summed E-state index contributed by atoms with van der Waals surface area (Å²) in [6, 6.07) is 7.43. The van der Waals surface area contributed by atoms with Crippen LogP contribution in [-0.4, -0.2) is 47.0 Å². The number of hydrogen-bond donors (Lipinski definition) is 2. The first-order valence-corrected chi connectivity index (χ1v) is 8.58. The second-order valence-corrected chi connectivity index (χ2v) is 7.18. The Morgan fingerprint density at radius 2 is 1.81 bits per heavy atom. The Balaban J connectivity index is 2.32.